The van der Waals surface area contributed by atoms with Gasteiger partial charge in [0, 0.05) is 32.2 Å². The summed E-state index contributed by atoms with van der Waals surface area (Å²) in [5.74, 6) is 1.12. The van der Waals surface area contributed by atoms with Crippen molar-refractivity contribution in [3.63, 3.8) is 0 Å². The zero-order valence-electron chi connectivity index (χ0n) is 9.39. The summed E-state index contributed by atoms with van der Waals surface area (Å²) < 4.78 is 4.72. The minimum absolute atomic E-state index is 0.0387. The maximum atomic E-state index is 12.1. The van der Waals surface area contributed by atoms with Crippen LogP contribution >= 0.6 is 0 Å². The van der Waals surface area contributed by atoms with E-state index in [-0.39, 0.29) is 5.91 Å². The summed E-state index contributed by atoms with van der Waals surface area (Å²) in [5.41, 5.74) is 0.0292. The summed E-state index contributed by atoms with van der Waals surface area (Å²) in [7, 11) is 0. The molecule has 2 aliphatic rings. The molecule has 5 heteroatoms. The second-order valence-corrected chi connectivity index (χ2v) is 4.73. The van der Waals surface area contributed by atoms with Gasteiger partial charge in [0.25, 0.3) is 5.91 Å². The summed E-state index contributed by atoms with van der Waals surface area (Å²) >= 11 is 0. The van der Waals surface area contributed by atoms with Gasteiger partial charge in [-0.1, -0.05) is 0 Å². The van der Waals surface area contributed by atoms with Gasteiger partial charge in [-0.2, -0.15) is 0 Å². The highest BCUT2D eigenvalue weighted by Gasteiger charge is 2.38. The number of fused-ring (bicyclic) bond motifs is 1. The summed E-state index contributed by atoms with van der Waals surface area (Å²) in [6, 6.07) is 2.81. The molecule has 0 bridgehead atoms. The van der Waals surface area contributed by atoms with Gasteiger partial charge in [0.15, 0.2) is 0 Å². The van der Waals surface area contributed by atoms with Crippen molar-refractivity contribution < 1.29 is 9.21 Å². The van der Waals surface area contributed by atoms with E-state index in [0.29, 0.717) is 17.4 Å². The molecule has 1 N–H and O–H groups in total. The Bertz CT molecular complexity index is 464. The Labute approximate surface area is 98.4 Å². The molecule has 5 nitrogen and oxygen atoms in total. The average molecular weight is 234 g/mol. The monoisotopic (exact) mass is 234 g/mol. The highest BCUT2D eigenvalue weighted by molar-refractivity contribution is 5.93. The Kier molecular flexibility index (Phi) is 2.48. The number of rotatable bonds is 1. The van der Waals surface area contributed by atoms with Gasteiger partial charge in [-0.3, -0.25) is 4.79 Å². The number of carbonyl (C=O) groups is 1. The molecule has 2 atom stereocenters. The van der Waals surface area contributed by atoms with Crippen LogP contribution in [-0.4, -0.2) is 37.0 Å². The fraction of sp³-hybridized carbons (Fsp3) is 0.500. The fourth-order valence-corrected chi connectivity index (χ4v) is 2.68. The second-order valence-electron chi connectivity index (χ2n) is 4.73. The number of carbonyl (C=O) groups excluding carboxylic acids is 1. The number of amides is 1. The zero-order chi connectivity index (χ0) is 11.8. The van der Waals surface area contributed by atoms with E-state index < -0.39 is 5.63 Å². The van der Waals surface area contributed by atoms with Crippen LogP contribution in [0.2, 0.25) is 0 Å². The van der Waals surface area contributed by atoms with Crippen molar-refractivity contribution in [2.45, 2.75) is 0 Å². The summed E-state index contributed by atoms with van der Waals surface area (Å²) in [6.07, 6.45) is 1.25. The molecule has 2 fully saturated rings. The van der Waals surface area contributed by atoms with Gasteiger partial charge in [0.1, 0.15) is 6.26 Å². The van der Waals surface area contributed by atoms with Crippen molar-refractivity contribution in [2.24, 2.45) is 11.8 Å². The lowest BCUT2D eigenvalue weighted by Crippen LogP contribution is -2.31. The maximum absolute atomic E-state index is 12.1. The molecule has 1 amide bonds. The van der Waals surface area contributed by atoms with Crippen LogP contribution in [0.3, 0.4) is 0 Å². The molecule has 0 saturated carbocycles. The van der Waals surface area contributed by atoms with Crippen LogP contribution in [0.4, 0.5) is 0 Å². The minimum atomic E-state index is -0.427. The lowest BCUT2D eigenvalue weighted by molar-refractivity contribution is 0.0779. The van der Waals surface area contributed by atoms with Gasteiger partial charge in [-0.15, -0.1) is 0 Å². The second kappa shape index (κ2) is 4.00. The Morgan fingerprint density at radius 2 is 2.00 bits per heavy atom. The summed E-state index contributed by atoms with van der Waals surface area (Å²) in [4.78, 5) is 24.8. The molecule has 0 unspecified atom stereocenters. The lowest BCUT2D eigenvalue weighted by atomic mass is 10.0. The molecule has 90 valence electrons. The van der Waals surface area contributed by atoms with Crippen molar-refractivity contribution in [1.29, 1.82) is 0 Å². The van der Waals surface area contributed by atoms with Gasteiger partial charge in [0.2, 0.25) is 0 Å². The molecule has 0 spiro atoms. The first-order valence-electron chi connectivity index (χ1n) is 5.83. The van der Waals surface area contributed by atoms with Gasteiger partial charge in [0.05, 0.1) is 5.56 Å². The first-order chi connectivity index (χ1) is 8.24. The molecule has 1 aromatic heterocycles. The first kappa shape index (κ1) is 10.5. The normalized spacial score (nSPS) is 27.2. The van der Waals surface area contributed by atoms with Crippen LogP contribution in [0, 0.1) is 11.8 Å². The molecule has 2 saturated heterocycles. The summed E-state index contributed by atoms with van der Waals surface area (Å²) in [5, 5.41) is 3.33. The number of likely N-dealkylation sites (tertiary alicyclic amines) is 1. The Balaban J connectivity index is 1.75. The molecule has 0 aliphatic carbocycles. The largest absolute Gasteiger partial charge is 0.430 e. The van der Waals surface area contributed by atoms with Crippen molar-refractivity contribution in [3.8, 4) is 0 Å². The van der Waals surface area contributed by atoms with Crippen molar-refractivity contribution >= 4 is 5.91 Å². The van der Waals surface area contributed by atoms with E-state index >= 15 is 0 Å². The Morgan fingerprint density at radius 1 is 1.29 bits per heavy atom. The minimum Gasteiger partial charge on any atom is -0.430 e. The topological polar surface area (TPSA) is 62.6 Å². The van der Waals surface area contributed by atoms with E-state index in [0.717, 1.165) is 26.2 Å². The van der Waals surface area contributed by atoms with Gasteiger partial charge in [-0.05, 0) is 17.9 Å². The van der Waals surface area contributed by atoms with Gasteiger partial charge < -0.3 is 14.6 Å². The van der Waals surface area contributed by atoms with Crippen molar-refractivity contribution in [1.82, 2.24) is 10.2 Å². The third kappa shape index (κ3) is 1.86. The third-order valence-corrected chi connectivity index (χ3v) is 3.62. The smallest absolute Gasteiger partial charge is 0.335 e. The van der Waals surface area contributed by atoms with E-state index in [1.165, 1.54) is 18.4 Å². The Morgan fingerprint density at radius 3 is 2.59 bits per heavy atom. The van der Waals surface area contributed by atoms with E-state index in [2.05, 4.69) is 5.32 Å². The molecular weight excluding hydrogens is 220 g/mol. The van der Waals surface area contributed by atoms with Crippen molar-refractivity contribution in [3.05, 3.63) is 34.4 Å². The van der Waals surface area contributed by atoms with Gasteiger partial charge in [-0.25, -0.2) is 4.79 Å². The van der Waals surface area contributed by atoms with Crippen LogP contribution in [0.1, 0.15) is 10.4 Å². The van der Waals surface area contributed by atoms with Gasteiger partial charge >= 0.3 is 5.63 Å². The standard InChI is InChI=1S/C12H14N2O3/c15-11-2-1-8(7-17-11)12(16)14-5-9-3-13-4-10(9)6-14/h1-2,7,9-10,13H,3-6H2/t9-,10+. The highest BCUT2D eigenvalue weighted by atomic mass is 16.4. The molecule has 1 aromatic rings. The number of nitrogens with one attached hydrogen (secondary N) is 1. The lowest BCUT2D eigenvalue weighted by Gasteiger charge is -2.16. The predicted molar refractivity (Wildman–Crippen MR) is 60.7 cm³/mol. The molecular formula is C12H14N2O3. The number of hydrogen-bond acceptors (Lipinski definition) is 4. The maximum Gasteiger partial charge on any atom is 0.335 e. The molecule has 0 radical (unpaired) electrons. The molecule has 2 aliphatic heterocycles. The average Bonchev–Trinajstić information content (AvgIpc) is 2.89. The summed E-state index contributed by atoms with van der Waals surface area (Å²) in [6.45, 7) is 3.60. The third-order valence-electron chi connectivity index (χ3n) is 3.62. The van der Waals surface area contributed by atoms with E-state index in [9.17, 15) is 9.59 Å². The van der Waals surface area contributed by atoms with Crippen LogP contribution in [0.25, 0.3) is 0 Å². The van der Waals surface area contributed by atoms with E-state index in [4.69, 9.17) is 4.42 Å². The van der Waals surface area contributed by atoms with Crippen LogP contribution in [-0.2, 0) is 0 Å². The zero-order valence-corrected chi connectivity index (χ0v) is 9.39. The molecule has 0 aromatic carbocycles. The SMILES string of the molecule is O=C(c1ccc(=O)oc1)N1C[C@H]2CNC[C@H]2C1. The molecule has 17 heavy (non-hydrogen) atoms. The van der Waals surface area contributed by atoms with Crippen LogP contribution in [0.5, 0.6) is 0 Å². The van der Waals surface area contributed by atoms with Crippen molar-refractivity contribution in [2.75, 3.05) is 26.2 Å². The molecule has 3 rings (SSSR count). The van der Waals surface area contributed by atoms with E-state index in [1.807, 2.05) is 4.90 Å². The van der Waals surface area contributed by atoms with E-state index in [1.54, 1.807) is 0 Å². The number of nitrogens with zero attached hydrogens (tertiary/aromatic N) is 1. The highest BCUT2D eigenvalue weighted by Crippen LogP contribution is 2.27. The number of hydrogen-bond donors (Lipinski definition) is 1. The first-order valence-corrected chi connectivity index (χ1v) is 5.83. The van der Waals surface area contributed by atoms with Crippen LogP contribution in [0.15, 0.2) is 27.6 Å². The predicted octanol–water partition coefficient (Wildman–Crippen LogP) is -0.0688. The van der Waals surface area contributed by atoms with Crippen LogP contribution < -0.4 is 10.9 Å². The fourth-order valence-electron chi connectivity index (χ4n) is 2.68. The quantitative estimate of drug-likeness (QED) is 0.739. The Hall–Kier alpha value is -1.62. The molecule has 3 heterocycles.